The smallest absolute Gasteiger partial charge is 0.387 e. The lowest BCUT2D eigenvalue weighted by molar-refractivity contribution is -0.0500. The lowest BCUT2D eigenvalue weighted by Gasteiger charge is -2.36. The van der Waals surface area contributed by atoms with Crippen LogP contribution in [-0.2, 0) is 21.4 Å². The Balaban J connectivity index is 1.42. The first-order valence-corrected chi connectivity index (χ1v) is 13.8. The summed E-state index contributed by atoms with van der Waals surface area (Å²) in [7, 11) is -2.23. The number of aryl methyl sites for hydroxylation is 1. The summed E-state index contributed by atoms with van der Waals surface area (Å²) in [5.74, 6) is 0.548. The van der Waals surface area contributed by atoms with Crippen LogP contribution < -0.4 is 9.47 Å². The monoisotopic (exact) mass is 546 g/mol. The lowest BCUT2D eigenvalue weighted by Crippen LogP contribution is -2.49. The highest BCUT2D eigenvalue weighted by Crippen LogP contribution is 2.27. The Bertz CT molecular complexity index is 1300. The Hall–Kier alpha value is -3.05. The summed E-state index contributed by atoms with van der Waals surface area (Å²) in [5, 5.41) is 0. The van der Waals surface area contributed by atoms with Gasteiger partial charge in [-0.25, -0.2) is 8.42 Å². The van der Waals surface area contributed by atoms with Gasteiger partial charge in [-0.3, -0.25) is 4.90 Å². The fourth-order valence-electron chi connectivity index (χ4n) is 4.32. The fourth-order valence-corrected chi connectivity index (χ4v) is 5.78. The van der Waals surface area contributed by atoms with E-state index in [1.54, 1.807) is 7.11 Å². The number of rotatable bonds is 11. The van der Waals surface area contributed by atoms with Gasteiger partial charge in [-0.1, -0.05) is 48.0 Å². The van der Waals surface area contributed by atoms with Crippen molar-refractivity contribution >= 4 is 10.0 Å². The normalized spacial score (nSPS) is 15.9. The van der Waals surface area contributed by atoms with E-state index in [0.717, 1.165) is 22.9 Å². The predicted octanol–water partition coefficient (Wildman–Crippen LogP) is 4.87. The maximum atomic E-state index is 13.2. The molecule has 0 amide bonds. The molecule has 0 unspecified atom stereocenters. The molecule has 0 aliphatic carbocycles. The average molecular weight is 547 g/mol. The number of alkyl halides is 2. The van der Waals surface area contributed by atoms with Gasteiger partial charge in [0, 0.05) is 38.8 Å². The van der Waals surface area contributed by atoms with Gasteiger partial charge in [0.2, 0.25) is 10.0 Å². The molecule has 204 valence electrons. The zero-order valence-corrected chi connectivity index (χ0v) is 22.2. The van der Waals surface area contributed by atoms with E-state index in [1.165, 1.54) is 28.1 Å². The third-order valence-corrected chi connectivity index (χ3v) is 8.36. The minimum Gasteiger partial charge on any atom is -0.497 e. The molecule has 0 N–H and O–H groups in total. The van der Waals surface area contributed by atoms with Crippen LogP contribution in [0, 0.1) is 6.92 Å². The van der Waals surface area contributed by atoms with E-state index in [2.05, 4.69) is 9.64 Å². The molecule has 1 heterocycles. The van der Waals surface area contributed by atoms with Gasteiger partial charge in [0.1, 0.15) is 11.5 Å². The molecule has 0 aromatic heterocycles. The van der Waals surface area contributed by atoms with E-state index in [-0.39, 0.29) is 29.8 Å². The molecule has 1 saturated heterocycles. The van der Waals surface area contributed by atoms with Crippen LogP contribution in [0.2, 0.25) is 0 Å². The maximum Gasteiger partial charge on any atom is 0.387 e. The Morgan fingerprint density at radius 1 is 0.895 bits per heavy atom. The zero-order valence-electron chi connectivity index (χ0n) is 21.4. The van der Waals surface area contributed by atoms with Crippen molar-refractivity contribution < 1.29 is 31.4 Å². The SMILES string of the molecule is COc1cccc([C@H](CN2CCN(S(=O)(=O)c3cccc(OC(F)F)c3)CC2)OCc2ccc(C)cc2)c1. The van der Waals surface area contributed by atoms with Gasteiger partial charge in [0.05, 0.1) is 24.7 Å². The topological polar surface area (TPSA) is 68.3 Å². The first kappa shape index (κ1) is 28.0. The van der Waals surface area contributed by atoms with Crippen LogP contribution in [0.3, 0.4) is 0 Å². The standard InChI is InChI=1S/C28H32F2N2O5S/c1-21-9-11-22(12-10-21)20-36-27(23-5-3-6-24(17-23)35-2)19-31-13-15-32(16-14-31)38(33,34)26-8-4-7-25(18-26)37-28(29)30/h3-12,17-18,27-28H,13-16,19-20H2,1-2H3/t27-/m0/s1. The molecule has 0 saturated carbocycles. The quantitative estimate of drug-likeness (QED) is 0.342. The summed E-state index contributed by atoms with van der Waals surface area (Å²) in [6.07, 6.45) is -0.252. The van der Waals surface area contributed by atoms with Gasteiger partial charge < -0.3 is 14.2 Å². The molecule has 0 radical (unpaired) electrons. The molecule has 1 atom stereocenters. The molecular formula is C28H32F2N2O5S. The molecule has 1 aliphatic rings. The molecule has 7 nitrogen and oxygen atoms in total. The van der Waals surface area contributed by atoms with Gasteiger partial charge in [-0.05, 0) is 42.3 Å². The highest BCUT2D eigenvalue weighted by molar-refractivity contribution is 7.89. The number of benzene rings is 3. The second kappa shape index (κ2) is 12.7. The van der Waals surface area contributed by atoms with Crippen molar-refractivity contribution in [3.8, 4) is 11.5 Å². The van der Waals surface area contributed by atoms with Gasteiger partial charge in [0.25, 0.3) is 0 Å². The third kappa shape index (κ3) is 7.28. The number of hydrogen-bond donors (Lipinski definition) is 0. The fraction of sp³-hybridized carbons (Fsp3) is 0.357. The van der Waals surface area contributed by atoms with Crippen LogP contribution in [0.15, 0.2) is 77.7 Å². The van der Waals surface area contributed by atoms with Crippen LogP contribution in [0.4, 0.5) is 8.78 Å². The van der Waals surface area contributed by atoms with Crippen molar-refractivity contribution in [2.75, 3.05) is 39.8 Å². The van der Waals surface area contributed by atoms with E-state index in [0.29, 0.717) is 26.2 Å². The molecule has 1 aliphatic heterocycles. The van der Waals surface area contributed by atoms with E-state index in [9.17, 15) is 17.2 Å². The molecule has 38 heavy (non-hydrogen) atoms. The Morgan fingerprint density at radius 2 is 1.58 bits per heavy atom. The second-order valence-corrected chi connectivity index (χ2v) is 11.1. The van der Waals surface area contributed by atoms with Crippen LogP contribution in [0.25, 0.3) is 0 Å². The molecule has 0 spiro atoms. The highest BCUT2D eigenvalue weighted by Gasteiger charge is 2.30. The van der Waals surface area contributed by atoms with Gasteiger partial charge in [-0.2, -0.15) is 13.1 Å². The predicted molar refractivity (Wildman–Crippen MR) is 140 cm³/mol. The van der Waals surface area contributed by atoms with Crippen molar-refractivity contribution in [1.82, 2.24) is 9.21 Å². The number of ether oxygens (including phenoxy) is 3. The van der Waals surface area contributed by atoms with Crippen LogP contribution in [-0.4, -0.2) is 64.1 Å². The minimum atomic E-state index is -3.85. The lowest BCUT2D eigenvalue weighted by atomic mass is 10.1. The number of halogens is 2. The molecule has 1 fully saturated rings. The molecule has 10 heteroatoms. The number of methoxy groups -OCH3 is 1. The van der Waals surface area contributed by atoms with Crippen LogP contribution in [0.5, 0.6) is 11.5 Å². The maximum absolute atomic E-state index is 13.2. The molecule has 0 bridgehead atoms. The van der Waals surface area contributed by atoms with Crippen molar-refractivity contribution in [2.45, 2.75) is 31.1 Å². The first-order valence-electron chi connectivity index (χ1n) is 12.3. The summed E-state index contributed by atoms with van der Waals surface area (Å²) in [6, 6.07) is 21.2. The molecule has 3 aromatic carbocycles. The zero-order chi connectivity index (χ0) is 27.1. The second-order valence-electron chi connectivity index (χ2n) is 9.12. The minimum absolute atomic E-state index is 0.0696. The van der Waals surface area contributed by atoms with Crippen LogP contribution >= 0.6 is 0 Å². The van der Waals surface area contributed by atoms with Crippen molar-refractivity contribution in [3.63, 3.8) is 0 Å². The van der Waals surface area contributed by atoms with Crippen molar-refractivity contribution in [3.05, 3.63) is 89.5 Å². The number of piperazine rings is 1. The summed E-state index contributed by atoms with van der Waals surface area (Å²) >= 11 is 0. The van der Waals surface area contributed by atoms with E-state index < -0.39 is 16.6 Å². The number of hydrogen-bond acceptors (Lipinski definition) is 6. The Kier molecular flexibility index (Phi) is 9.32. The molecule has 3 aromatic rings. The van der Waals surface area contributed by atoms with Crippen molar-refractivity contribution in [1.29, 1.82) is 0 Å². The summed E-state index contributed by atoms with van der Waals surface area (Å²) in [4.78, 5) is 2.10. The van der Waals surface area contributed by atoms with E-state index in [4.69, 9.17) is 9.47 Å². The Morgan fingerprint density at radius 3 is 2.26 bits per heavy atom. The van der Waals surface area contributed by atoms with Gasteiger partial charge >= 0.3 is 6.61 Å². The number of nitrogens with zero attached hydrogens (tertiary/aromatic N) is 2. The highest BCUT2D eigenvalue weighted by atomic mass is 32.2. The summed E-state index contributed by atoms with van der Waals surface area (Å²) < 4.78 is 69.0. The van der Waals surface area contributed by atoms with E-state index in [1.807, 2.05) is 55.5 Å². The van der Waals surface area contributed by atoms with Gasteiger partial charge in [-0.15, -0.1) is 0 Å². The molecular weight excluding hydrogens is 514 g/mol. The van der Waals surface area contributed by atoms with Crippen LogP contribution in [0.1, 0.15) is 22.8 Å². The molecule has 4 rings (SSSR count). The van der Waals surface area contributed by atoms with Crippen molar-refractivity contribution in [2.24, 2.45) is 0 Å². The van der Waals surface area contributed by atoms with E-state index >= 15 is 0 Å². The number of sulfonamides is 1. The average Bonchev–Trinajstić information content (AvgIpc) is 2.92. The summed E-state index contributed by atoms with van der Waals surface area (Å²) in [5.41, 5.74) is 3.22. The van der Waals surface area contributed by atoms with Gasteiger partial charge in [0.15, 0.2) is 0 Å². The summed E-state index contributed by atoms with van der Waals surface area (Å²) in [6.45, 7) is 1.56. The first-order chi connectivity index (χ1) is 18.2. The third-order valence-electron chi connectivity index (χ3n) is 6.46. The Labute approximate surface area is 222 Å². The largest absolute Gasteiger partial charge is 0.497 e.